The predicted molar refractivity (Wildman–Crippen MR) is 110 cm³/mol. The van der Waals surface area contributed by atoms with E-state index in [0.717, 1.165) is 5.32 Å². The summed E-state index contributed by atoms with van der Waals surface area (Å²) in [6, 6.07) is 11.0. The zero-order valence-corrected chi connectivity index (χ0v) is 18.5. The first-order valence-electron chi connectivity index (χ1n) is 8.61. The summed E-state index contributed by atoms with van der Waals surface area (Å²) in [7, 11) is 4.29. The number of benzene rings is 1. The van der Waals surface area contributed by atoms with Crippen LogP contribution < -0.4 is 0 Å². The van der Waals surface area contributed by atoms with E-state index < -0.39 is 0 Å². The molecule has 0 heterocycles. The third kappa shape index (κ3) is 8.76. The number of allylic oxidation sites excluding steroid dienone is 1. The SMILES string of the molecule is C[C@H]([C]1[CH][CH][CH][C]1[Se]C/C=C/c1ccccc1)N(C)C.[CH]1[CH][CH][CH][CH]1.[Fe]. The molecular formula is C23H27FeNSe. The number of nitrogens with zero attached hydrogens (tertiary/aromatic N) is 1. The van der Waals surface area contributed by atoms with Gasteiger partial charge >= 0.3 is 130 Å². The quantitative estimate of drug-likeness (QED) is 0.574. The molecule has 0 saturated heterocycles. The van der Waals surface area contributed by atoms with Gasteiger partial charge in [-0.05, 0) is 32.1 Å². The molecule has 0 bridgehead atoms. The van der Waals surface area contributed by atoms with Gasteiger partial charge in [0.1, 0.15) is 0 Å². The Bertz CT molecular complexity index is 477. The maximum absolute atomic E-state index is 2.30. The molecule has 1 aromatic rings. The van der Waals surface area contributed by atoms with E-state index in [2.05, 4.69) is 87.7 Å². The van der Waals surface area contributed by atoms with Gasteiger partial charge in [0.2, 0.25) is 0 Å². The van der Waals surface area contributed by atoms with E-state index in [4.69, 9.17) is 0 Å². The van der Waals surface area contributed by atoms with E-state index in [-0.39, 0.29) is 17.1 Å². The van der Waals surface area contributed by atoms with Gasteiger partial charge < -0.3 is 0 Å². The van der Waals surface area contributed by atoms with Crippen LogP contribution in [0.3, 0.4) is 0 Å². The molecule has 2 aliphatic rings. The number of rotatable bonds is 6. The van der Waals surface area contributed by atoms with E-state index in [1.807, 2.05) is 32.1 Å². The molecule has 0 spiro atoms. The minimum absolute atomic E-state index is 0. The van der Waals surface area contributed by atoms with Crippen molar-refractivity contribution in [1.29, 1.82) is 0 Å². The molecule has 10 radical (unpaired) electrons. The molecular weight excluding hydrogens is 425 g/mol. The Hall–Kier alpha value is -0.0410. The monoisotopic (exact) mass is 453 g/mol. The van der Waals surface area contributed by atoms with Crippen LogP contribution in [-0.2, 0) is 17.1 Å². The van der Waals surface area contributed by atoms with Crippen LogP contribution in [0.4, 0.5) is 0 Å². The zero-order valence-electron chi connectivity index (χ0n) is 15.7. The topological polar surface area (TPSA) is 3.24 Å². The summed E-state index contributed by atoms with van der Waals surface area (Å²) in [6.45, 7) is 2.27. The van der Waals surface area contributed by atoms with Crippen LogP contribution in [0.5, 0.6) is 0 Å². The summed E-state index contributed by atoms with van der Waals surface area (Å²) < 4.78 is 0. The van der Waals surface area contributed by atoms with Crippen molar-refractivity contribution in [2.45, 2.75) is 18.3 Å². The van der Waals surface area contributed by atoms with Crippen molar-refractivity contribution in [3.8, 4) is 0 Å². The number of hydrogen-bond acceptors (Lipinski definition) is 1. The molecule has 1 atom stereocenters. The van der Waals surface area contributed by atoms with Crippen molar-refractivity contribution in [2.75, 3.05) is 14.1 Å². The first-order chi connectivity index (χ1) is 12.2. The van der Waals surface area contributed by atoms with Gasteiger partial charge in [0.25, 0.3) is 0 Å². The van der Waals surface area contributed by atoms with Gasteiger partial charge in [-0.25, -0.2) is 0 Å². The van der Waals surface area contributed by atoms with Crippen molar-refractivity contribution < 1.29 is 17.1 Å². The molecule has 26 heavy (non-hydrogen) atoms. The Balaban J connectivity index is 0.000000486. The summed E-state index contributed by atoms with van der Waals surface area (Å²) in [5, 5.41) is 1.15. The molecule has 1 nitrogen and oxygen atoms in total. The maximum atomic E-state index is 2.30. The zero-order chi connectivity index (χ0) is 17.9. The Morgan fingerprint density at radius 1 is 0.923 bits per heavy atom. The van der Waals surface area contributed by atoms with Crippen LogP contribution in [0.25, 0.3) is 6.08 Å². The van der Waals surface area contributed by atoms with E-state index in [1.54, 1.807) is 0 Å². The van der Waals surface area contributed by atoms with Crippen LogP contribution in [-0.4, -0.2) is 40.0 Å². The second-order valence-electron chi connectivity index (χ2n) is 6.07. The second kappa shape index (κ2) is 14.0. The van der Waals surface area contributed by atoms with Crippen molar-refractivity contribution in [3.63, 3.8) is 0 Å². The molecule has 0 N–H and O–H groups in total. The van der Waals surface area contributed by atoms with Gasteiger partial charge in [-0.1, -0.05) is 0 Å². The molecule has 138 valence electrons. The fourth-order valence-electron chi connectivity index (χ4n) is 2.38. The van der Waals surface area contributed by atoms with Crippen molar-refractivity contribution >= 4 is 21.0 Å². The standard InChI is InChI=1S/C18H22NSe.C5H5.Fe/c1-15(19(2)3)17-12-7-13-18(17)20-14-8-11-16-9-5-4-6-10-16;1-2-4-5-3-1;/h4-13,15H,14H2,1-3H3;1-5H;/b11-8+;;/t15-;;/m1../s1. The Morgan fingerprint density at radius 3 is 2.12 bits per heavy atom. The molecule has 3 heteroatoms. The molecule has 3 rings (SSSR count). The first-order valence-corrected chi connectivity index (χ1v) is 10.7. The van der Waals surface area contributed by atoms with Gasteiger partial charge in [-0.2, -0.15) is 0 Å². The Kier molecular flexibility index (Phi) is 12.9. The second-order valence-corrected chi connectivity index (χ2v) is 8.30. The average molecular weight is 452 g/mol. The molecule has 0 unspecified atom stereocenters. The molecule has 0 aromatic heterocycles. The fourth-order valence-corrected chi connectivity index (χ4v) is 4.38. The number of hydrogen-bond donors (Lipinski definition) is 0. The van der Waals surface area contributed by atoms with Gasteiger partial charge in [-0.3, -0.25) is 0 Å². The maximum Gasteiger partial charge on any atom is 0 e. The predicted octanol–water partition coefficient (Wildman–Crippen LogP) is 4.52. The van der Waals surface area contributed by atoms with Crippen molar-refractivity contribution in [3.05, 3.63) is 104 Å². The van der Waals surface area contributed by atoms with E-state index in [1.165, 1.54) is 16.3 Å². The van der Waals surface area contributed by atoms with Gasteiger partial charge in [0.05, 0.1) is 0 Å². The third-order valence-electron chi connectivity index (χ3n) is 4.03. The van der Waals surface area contributed by atoms with Gasteiger partial charge in [0.15, 0.2) is 0 Å². The summed E-state index contributed by atoms with van der Waals surface area (Å²) >= 11 is 0.522. The van der Waals surface area contributed by atoms with Crippen LogP contribution in [0.2, 0.25) is 5.32 Å². The van der Waals surface area contributed by atoms with E-state index in [9.17, 15) is 0 Å². The minimum Gasteiger partial charge on any atom is -0.0312 e. The molecule has 2 aliphatic carbocycles. The van der Waals surface area contributed by atoms with Crippen LogP contribution in [0.1, 0.15) is 12.5 Å². The third-order valence-corrected chi connectivity index (χ3v) is 6.22. The van der Waals surface area contributed by atoms with Crippen LogP contribution >= 0.6 is 0 Å². The van der Waals surface area contributed by atoms with Gasteiger partial charge in [0, 0.05) is 17.1 Å². The molecule has 2 saturated carbocycles. The Labute approximate surface area is 179 Å². The summed E-state index contributed by atoms with van der Waals surface area (Å²) in [5.74, 6) is 1.49. The van der Waals surface area contributed by atoms with Crippen molar-refractivity contribution in [1.82, 2.24) is 4.90 Å². The smallest absolute Gasteiger partial charge is 0 e. The molecule has 0 amide bonds. The normalized spacial score (nSPS) is 19.4. The molecule has 2 fully saturated rings. The van der Waals surface area contributed by atoms with E-state index in [0.29, 0.717) is 21.0 Å². The summed E-state index contributed by atoms with van der Waals surface area (Å²) in [5.41, 5.74) is 1.28. The van der Waals surface area contributed by atoms with Crippen LogP contribution in [0.15, 0.2) is 36.4 Å². The molecule has 1 aromatic carbocycles. The molecule has 0 aliphatic heterocycles. The largest absolute Gasteiger partial charge is 0.0312 e. The minimum atomic E-state index is 0. The first kappa shape index (κ1) is 24.0. The Morgan fingerprint density at radius 2 is 1.54 bits per heavy atom. The van der Waals surface area contributed by atoms with Crippen LogP contribution in [0, 0.1) is 62.1 Å². The summed E-state index contributed by atoms with van der Waals surface area (Å²) in [4.78, 5) is 3.81. The van der Waals surface area contributed by atoms with Gasteiger partial charge in [-0.15, -0.1) is 0 Å². The van der Waals surface area contributed by atoms with Crippen molar-refractivity contribution in [2.24, 2.45) is 0 Å². The van der Waals surface area contributed by atoms with E-state index >= 15 is 0 Å². The summed E-state index contributed by atoms with van der Waals surface area (Å²) in [6.07, 6.45) is 21.3. The average Bonchev–Trinajstić information content (AvgIpc) is 3.33. The fraction of sp³-hybridized carbons (Fsp3) is 0.217.